The predicted molar refractivity (Wildman–Crippen MR) is 84.4 cm³/mol. The fraction of sp³-hybridized carbons (Fsp3) is 0.412. The highest BCUT2D eigenvalue weighted by Crippen LogP contribution is 2.31. The molecule has 1 fully saturated rings. The van der Waals surface area contributed by atoms with Gasteiger partial charge in [-0.05, 0) is 38.0 Å². The highest BCUT2D eigenvalue weighted by molar-refractivity contribution is 5.80. The van der Waals surface area contributed by atoms with Gasteiger partial charge in [-0.1, -0.05) is 18.2 Å². The van der Waals surface area contributed by atoms with Crippen molar-refractivity contribution in [3.63, 3.8) is 0 Å². The number of benzene rings is 1. The van der Waals surface area contributed by atoms with Crippen LogP contribution < -0.4 is 5.32 Å². The van der Waals surface area contributed by atoms with E-state index in [1.54, 1.807) is 13.8 Å². The molecule has 2 rings (SSSR count). The summed E-state index contributed by atoms with van der Waals surface area (Å²) in [5.41, 5.74) is -0.0533. The lowest BCUT2D eigenvalue weighted by Gasteiger charge is -2.25. The van der Waals surface area contributed by atoms with Crippen molar-refractivity contribution in [3.05, 3.63) is 47.5 Å². The van der Waals surface area contributed by atoms with Crippen LogP contribution in [0.5, 0.6) is 0 Å². The standard InChI is InChI=1S/C17H20F2N2O3/c1-10(2)14(11-4-5-12(18)13(19)8-11)20-16(24)21-7-6-17(3,9-21)15(22)23/h4-5,8,14H,1,6-7,9H2,2-3H3,(H,20,24)(H,22,23). The summed E-state index contributed by atoms with van der Waals surface area (Å²) in [6.07, 6.45) is 0.360. The topological polar surface area (TPSA) is 69.6 Å². The van der Waals surface area contributed by atoms with Gasteiger partial charge in [-0.25, -0.2) is 13.6 Å². The highest BCUT2D eigenvalue weighted by atomic mass is 19.2. The van der Waals surface area contributed by atoms with Gasteiger partial charge in [0.15, 0.2) is 11.6 Å². The molecule has 0 aliphatic carbocycles. The van der Waals surface area contributed by atoms with E-state index < -0.39 is 35.1 Å². The quantitative estimate of drug-likeness (QED) is 0.829. The van der Waals surface area contributed by atoms with Crippen molar-refractivity contribution in [1.29, 1.82) is 0 Å². The first-order valence-corrected chi connectivity index (χ1v) is 7.53. The first-order valence-electron chi connectivity index (χ1n) is 7.53. The average molecular weight is 338 g/mol. The Hall–Kier alpha value is -2.44. The Morgan fingerprint density at radius 2 is 2.04 bits per heavy atom. The monoisotopic (exact) mass is 338 g/mol. The van der Waals surface area contributed by atoms with E-state index >= 15 is 0 Å². The van der Waals surface area contributed by atoms with Crippen molar-refractivity contribution in [2.24, 2.45) is 5.41 Å². The Morgan fingerprint density at radius 3 is 2.54 bits per heavy atom. The van der Waals surface area contributed by atoms with Gasteiger partial charge in [-0.15, -0.1) is 0 Å². The summed E-state index contributed by atoms with van der Waals surface area (Å²) in [6.45, 7) is 7.44. The number of hydrogen-bond donors (Lipinski definition) is 2. The molecule has 7 heteroatoms. The van der Waals surface area contributed by atoms with Crippen molar-refractivity contribution in [2.75, 3.05) is 13.1 Å². The molecule has 0 spiro atoms. The van der Waals surface area contributed by atoms with Crippen molar-refractivity contribution < 1.29 is 23.5 Å². The van der Waals surface area contributed by atoms with Crippen LogP contribution in [0.2, 0.25) is 0 Å². The van der Waals surface area contributed by atoms with E-state index in [1.807, 2.05) is 0 Å². The predicted octanol–water partition coefficient (Wildman–Crippen LogP) is 3.09. The third-order valence-corrected chi connectivity index (χ3v) is 4.31. The number of hydrogen-bond acceptors (Lipinski definition) is 2. The fourth-order valence-electron chi connectivity index (χ4n) is 2.71. The lowest BCUT2D eigenvalue weighted by atomic mass is 9.90. The minimum absolute atomic E-state index is 0.0921. The number of urea groups is 1. The second-order valence-electron chi connectivity index (χ2n) is 6.44. The Bertz CT molecular complexity index is 692. The van der Waals surface area contributed by atoms with Crippen LogP contribution in [-0.4, -0.2) is 35.1 Å². The number of carboxylic acids is 1. The maximum atomic E-state index is 13.4. The first-order chi connectivity index (χ1) is 11.1. The van der Waals surface area contributed by atoms with Crippen LogP contribution in [0.25, 0.3) is 0 Å². The van der Waals surface area contributed by atoms with Crippen LogP contribution in [0.3, 0.4) is 0 Å². The van der Waals surface area contributed by atoms with Crippen LogP contribution in [-0.2, 0) is 4.79 Å². The van der Waals surface area contributed by atoms with Crippen molar-refractivity contribution in [3.8, 4) is 0 Å². The summed E-state index contributed by atoms with van der Waals surface area (Å²) >= 11 is 0. The zero-order chi connectivity index (χ0) is 18.1. The van der Waals surface area contributed by atoms with Gasteiger partial charge >= 0.3 is 12.0 Å². The molecule has 2 atom stereocenters. The molecular weight excluding hydrogens is 318 g/mol. The summed E-state index contributed by atoms with van der Waals surface area (Å²) in [5, 5.41) is 11.9. The molecule has 0 saturated carbocycles. The van der Waals surface area contributed by atoms with E-state index in [0.29, 0.717) is 24.1 Å². The molecule has 1 aliphatic rings. The Morgan fingerprint density at radius 1 is 1.38 bits per heavy atom. The van der Waals surface area contributed by atoms with Crippen molar-refractivity contribution >= 4 is 12.0 Å². The van der Waals surface area contributed by atoms with Crippen LogP contribution in [0.4, 0.5) is 13.6 Å². The van der Waals surface area contributed by atoms with Gasteiger partial charge in [0.2, 0.25) is 0 Å². The van der Waals surface area contributed by atoms with Crippen LogP contribution in [0.1, 0.15) is 31.9 Å². The zero-order valence-electron chi connectivity index (χ0n) is 13.6. The van der Waals surface area contributed by atoms with Gasteiger partial charge < -0.3 is 15.3 Å². The maximum absolute atomic E-state index is 13.4. The Balaban J connectivity index is 2.14. The highest BCUT2D eigenvalue weighted by Gasteiger charge is 2.42. The molecule has 5 nitrogen and oxygen atoms in total. The van der Waals surface area contributed by atoms with E-state index in [9.17, 15) is 23.5 Å². The summed E-state index contributed by atoms with van der Waals surface area (Å²) in [5.74, 6) is -2.93. The summed E-state index contributed by atoms with van der Waals surface area (Å²) in [4.78, 5) is 25.1. The fourth-order valence-corrected chi connectivity index (χ4v) is 2.71. The largest absolute Gasteiger partial charge is 0.481 e. The lowest BCUT2D eigenvalue weighted by molar-refractivity contribution is -0.147. The minimum atomic E-state index is -1.01. The van der Waals surface area contributed by atoms with Gasteiger partial charge in [0.25, 0.3) is 0 Å². The molecule has 1 aliphatic heterocycles. The van der Waals surface area contributed by atoms with Crippen molar-refractivity contribution in [2.45, 2.75) is 26.3 Å². The molecule has 130 valence electrons. The average Bonchev–Trinajstić information content (AvgIpc) is 2.91. The molecule has 2 unspecified atom stereocenters. The SMILES string of the molecule is C=C(C)C(NC(=O)N1CCC(C)(C(=O)O)C1)c1ccc(F)c(F)c1. The maximum Gasteiger partial charge on any atom is 0.318 e. The number of halogens is 2. The number of carbonyl (C=O) groups excluding carboxylic acids is 1. The molecule has 2 N–H and O–H groups in total. The Labute approximate surface area is 139 Å². The summed E-state index contributed by atoms with van der Waals surface area (Å²) in [6, 6.07) is 2.23. The number of aliphatic carboxylic acids is 1. The first kappa shape index (κ1) is 17.9. The van der Waals surface area contributed by atoms with Gasteiger partial charge in [0.1, 0.15) is 0 Å². The number of likely N-dealkylation sites (tertiary alicyclic amines) is 1. The third-order valence-electron chi connectivity index (χ3n) is 4.31. The van der Waals surface area contributed by atoms with Crippen molar-refractivity contribution in [1.82, 2.24) is 10.2 Å². The van der Waals surface area contributed by atoms with Crippen LogP contribution >= 0.6 is 0 Å². The van der Waals surface area contributed by atoms with Gasteiger partial charge in [-0.3, -0.25) is 4.79 Å². The molecule has 0 bridgehead atoms. The van der Waals surface area contributed by atoms with Gasteiger partial charge in [-0.2, -0.15) is 0 Å². The molecular formula is C17H20F2N2O3. The minimum Gasteiger partial charge on any atom is -0.481 e. The number of nitrogens with one attached hydrogen (secondary N) is 1. The number of rotatable bonds is 4. The number of carboxylic acid groups (broad SMARTS) is 1. The second kappa shape index (κ2) is 6.59. The molecule has 1 saturated heterocycles. The van der Waals surface area contributed by atoms with Crippen LogP contribution in [0, 0.1) is 17.0 Å². The molecule has 1 aromatic carbocycles. The van der Waals surface area contributed by atoms with E-state index in [1.165, 1.54) is 11.0 Å². The molecule has 0 aromatic heterocycles. The molecule has 1 heterocycles. The molecule has 1 aromatic rings. The van der Waals surface area contributed by atoms with E-state index in [0.717, 1.165) is 12.1 Å². The van der Waals surface area contributed by atoms with Gasteiger partial charge in [0.05, 0.1) is 11.5 Å². The molecule has 24 heavy (non-hydrogen) atoms. The summed E-state index contributed by atoms with van der Waals surface area (Å²) in [7, 11) is 0. The number of carbonyl (C=O) groups is 2. The zero-order valence-corrected chi connectivity index (χ0v) is 13.6. The normalized spacial score (nSPS) is 21.4. The molecule has 2 amide bonds. The third kappa shape index (κ3) is 3.55. The lowest BCUT2D eigenvalue weighted by Crippen LogP contribution is -2.42. The summed E-state index contributed by atoms with van der Waals surface area (Å²) < 4.78 is 26.5. The number of amides is 2. The second-order valence-corrected chi connectivity index (χ2v) is 6.44. The van der Waals surface area contributed by atoms with E-state index in [2.05, 4.69) is 11.9 Å². The number of nitrogens with zero attached hydrogens (tertiary/aromatic N) is 1. The molecule has 0 radical (unpaired) electrons. The van der Waals surface area contributed by atoms with E-state index in [-0.39, 0.29) is 6.54 Å². The van der Waals surface area contributed by atoms with Crippen LogP contribution in [0.15, 0.2) is 30.4 Å². The Kier molecular flexibility index (Phi) is 4.91. The van der Waals surface area contributed by atoms with Gasteiger partial charge in [0, 0.05) is 13.1 Å². The van der Waals surface area contributed by atoms with E-state index in [4.69, 9.17) is 0 Å². The smallest absolute Gasteiger partial charge is 0.318 e.